The van der Waals surface area contributed by atoms with Crippen molar-refractivity contribution in [3.63, 3.8) is 0 Å². The number of nitrogens with zero attached hydrogens (tertiary/aromatic N) is 3. The van der Waals surface area contributed by atoms with Crippen molar-refractivity contribution in [2.45, 2.75) is 57.8 Å². The van der Waals surface area contributed by atoms with Crippen molar-refractivity contribution in [3.8, 4) is 0 Å². The minimum Gasteiger partial charge on any atom is -0.341 e. The molecule has 0 radical (unpaired) electrons. The van der Waals surface area contributed by atoms with Crippen LogP contribution in [0.1, 0.15) is 63.4 Å². The molecule has 122 valence electrons. The molecular weight excluding hydrogens is 290 g/mol. The van der Waals surface area contributed by atoms with Crippen molar-refractivity contribution >= 4 is 18.6 Å². The van der Waals surface area contributed by atoms with Gasteiger partial charge in [0.25, 0.3) is 0 Å². The number of aromatic nitrogens is 2. The summed E-state index contributed by atoms with van der Waals surface area (Å²) < 4.78 is 0. The Hall–Kier alpha value is -0.770. The molecule has 0 spiro atoms. The minimum atomic E-state index is 0.673. The van der Waals surface area contributed by atoms with Gasteiger partial charge >= 0.3 is 0 Å². The normalized spacial score (nSPS) is 27.1. The molecule has 22 heavy (non-hydrogen) atoms. The quantitative estimate of drug-likeness (QED) is 0.839. The zero-order valence-electron chi connectivity index (χ0n) is 13.7. The van der Waals surface area contributed by atoms with Gasteiger partial charge in [-0.15, -0.1) is 0 Å². The topological polar surface area (TPSA) is 29.0 Å². The van der Waals surface area contributed by atoms with Crippen LogP contribution in [0, 0.1) is 11.8 Å². The fraction of sp³-hybridized carbons (Fsp3) is 0.778. The molecule has 1 aliphatic heterocycles. The van der Waals surface area contributed by atoms with Crippen LogP contribution < -0.4 is 4.90 Å². The maximum absolute atomic E-state index is 4.66. The largest absolute Gasteiger partial charge is 0.341 e. The Kier molecular flexibility index (Phi) is 5.61. The summed E-state index contributed by atoms with van der Waals surface area (Å²) in [4.78, 5) is 11.7. The van der Waals surface area contributed by atoms with Crippen LogP contribution in [0.15, 0.2) is 12.4 Å². The van der Waals surface area contributed by atoms with Gasteiger partial charge in [0.2, 0.25) is 5.95 Å². The molecule has 1 aromatic rings. The molecule has 1 saturated carbocycles. The smallest absolute Gasteiger partial charge is 0.225 e. The van der Waals surface area contributed by atoms with Gasteiger partial charge in [-0.2, -0.15) is 12.6 Å². The fourth-order valence-corrected chi connectivity index (χ4v) is 4.25. The van der Waals surface area contributed by atoms with E-state index in [2.05, 4.69) is 46.8 Å². The maximum atomic E-state index is 4.66. The summed E-state index contributed by atoms with van der Waals surface area (Å²) in [5.41, 5.74) is 1.35. The van der Waals surface area contributed by atoms with E-state index in [0.717, 1.165) is 36.6 Å². The summed E-state index contributed by atoms with van der Waals surface area (Å²) in [6.07, 6.45) is 13.3. The van der Waals surface area contributed by atoms with Gasteiger partial charge in [-0.05, 0) is 74.0 Å². The number of rotatable bonds is 4. The second-order valence-corrected chi connectivity index (χ2v) is 7.66. The van der Waals surface area contributed by atoms with E-state index in [1.165, 1.54) is 50.5 Å². The summed E-state index contributed by atoms with van der Waals surface area (Å²) in [6.45, 7) is 4.55. The molecule has 0 bridgehead atoms. The molecule has 3 rings (SSSR count). The molecule has 1 aromatic heterocycles. The van der Waals surface area contributed by atoms with Crippen molar-refractivity contribution in [1.29, 1.82) is 0 Å². The van der Waals surface area contributed by atoms with E-state index < -0.39 is 0 Å². The number of thiol groups is 1. The fourth-order valence-electron chi connectivity index (χ4n) is 3.88. The van der Waals surface area contributed by atoms with Crippen LogP contribution >= 0.6 is 12.6 Å². The highest BCUT2D eigenvalue weighted by Crippen LogP contribution is 2.36. The van der Waals surface area contributed by atoms with Gasteiger partial charge < -0.3 is 4.90 Å². The second kappa shape index (κ2) is 7.67. The maximum Gasteiger partial charge on any atom is 0.225 e. The molecule has 0 atom stereocenters. The van der Waals surface area contributed by atoms with Crippen molar-refractivity contribution in [2.75, 3.05) is 23.7 Å². The predicted octanol–water partition coefficient (Wildman–Crippen LogP) is 4.31. The van der Waals surface area contributed by atoms with Crippen LogP contribution in [-0.2, 0) is 0 Å². The highest BCUT2D eigenvalue weighted by molar-refractivity contribution is 7.80. The van der Waals surface area contributed by atoms with Gasteiger partial charge in [-0.3, -0.25) is 0 Å². The van der Waals surface area contributed by atoms with Crippen LogP contribution in [0.2, 0.25) is 0 Å². The molecule has 3 nitrogen and oxygen atoms in total. The molecular formula is C18H29N3S. The molecule has 0 aromatic carbocycles. The molecule has 4 heteroatoms. The van der Waals surface area contributed by atoms with Gasteiger partial charge in [0, 0.05) is 25.5 Å². The lowest BCUT2D eigenvalue weighted by Crippen LogP contribution is -2.34. The van der Waals surface area contributed by atoms with Gasteiger partial charge in [0.05, 0.1) is 0 Å². The van der Waals surface area contributed by atoms with Crippen molar-refractivity contribution in [1.82, 2.24) is 9.97 Å². The first-order valence-corrected chi connectivity index (χ1v) is 9.57. The van der Waals surface area contributed by atoms with Crippen LogP contribution in [0.4, 0.5) is 5.95 Å². The van der Waals surface area contributed by atoms with Crippen molar-refractivity contribution in [3.05, 3.63) is 18.0 Å². The van der Waals surface area contributed by atoms with Crippen molar-refractivity contribution in [2.24, 2.45) is 11.8 Å². The first kappa shape index (κ1) is 16.1. The molecule has 2 fully saturated rings. The van der Waals surface area contributed by atoms with Crippen molar-refractivity contribution < 1.29 is 0 Å². The summed E-state index contributed by atoms with van der Waals surface area (Å²) in [5.74, 6) is 4.37. The average Bonchev–Trinajstić information content (AvgIpc) is 2.57. The molecule has 1 aliphatic carbocycles. The zero-order valence-corrected chi connectivity index (χ0v) is 14.6. The minimum absolute atomic E-state index is 0.673. The average molecular weight is 320 g/mol. The Balaban J connectivity index is 1.56. The third-order valence-corrected chi connectivity index (χ3v) is 5.84. The Morgan fingerprint density at radius 3 is 2.27 bits per heavy atom. The summed E-state index contributed by atoms with van der Waals surface area (Å²) in [5, 5.41) is 0. The van der Waals surface area contributed by atoms with E-state index >= 15 is 0 Å². The Bertz CT molecular complexity index is 446. The monoisotopic (exact) mass is 319 g/mol. The SMILES string of the molecule is CC1CCN(c2ncc([C@H]3CC[C@@H](CCS)CC3)cn2)CC1. The number of hydrogen-bond acceptors (Lipinski definition) is 4. The van der Waals surface area contributed by atoms with E-state index in [1.807, 2.05) is 0 Å². The van der Waals surface area contributed by atoms with Gasteiger partial charge in [0.1, 0.15) is 0 Å². The van der Waals surface area contributed by atoms with Crippen LogP contribution in [-0.4, -0.2) is 28.8 Å². The molecule has 0 amide bonds. The number of piperidine rings is 1. The zero-order chi connectivity index (χ0) is 15.4. The van der Waals surface area contributed by atoms with Gasteiger partial charge in [-0.25, -0.2) is 9.97 Å². The van der Waals surface area contributed by atoms with Crippen LogP contribution in [0.25, 0.3) is 0 Å². The molecule has 2 heterocycles. The third-order valence-electron chi connectivity index (χ3n) is 5.58. The second-order valence-electron chi connectivity index (χ2n) is 7.22. The van der Waals surface area contributed by atoms with E-state index in [0.29, 0.717) is 5.92 Å². The first-order chi connectivity index (χ1) is 10.8. The van der Waals surface area contributed by atoms with E-state index in [4.69, 9.17) is 0 Å². The first-order valence-electron chi connectivity index (χ1n) is 8.94. The number of anilines is 1. The molecule has 0 unspecified atom stereocenters. The Morgan fingerprint density at radius 1 is 1.05 bits per heavy atom. The third kappa shape index (κ3) is 3.95. The summed E-state index contributed by atoms with van der Waals surface area (Å²) in [7, 11) is 0. The lowest BCUT2D eigenvalue weighted by Gasteiger charge is -2.31. The van der Waals surface area contributed by atoms with E-state index in [9.17, 15) is 0 Å². The van der Waals surface area contributed by atoms with Gasteiger partial charge in [0.15, 0.2) is 0 Å². The Morgan fingerprint density at radius 2 is 1.68 bits per heavy atom. The lowest BCUT2D eigenvalue weighted by molar-refractivity contribution is 0.320. The molecule has 1 saturated heterocycles. The van der Waals surface area contributed by atoms with Gasteiger partial charge in [-0.1, -0.05) is 6.92 Å². The summed E-state index contributed by atoms with van der Waals surface area (Å²) in [6, 6.07) is 0. The standard InChI is InChI=1S/C18H29N3S/c1-14-6-9-21(10-7-14)18-19-12-17(13-20-18)16-4-2-15(3-5-16)8-11-22/h12-16,22H,2-11H2,1H3/t15-,16+. The predicted molar refractivity (Wildman–Crippen MR) is 95.8 cm³/mol. The lowest BCUT2D eigenvalue weighted by atomic mass is 9.78. The number of hydrogen-bond donors (Lipinski definition) is 1. The highest BCUT2D eigenvalue weighted by Gasteiger charge is 2.23. The molecule has 2 aliphatic rings. The van der Waals surface area contributed by atoms with E-state index in [-0.39, 0.29) is 0 Å². The van der Waals surface area contributed by atoms with Crippen LogP contribution in [0.5, 0.6) is 0 Å². The Labute approximate surface area is 140 Å². The summed E-state index contributed by atoms with van der Waals surface area (Å²) >= 11 is 4.37. The highest BCUT2D eigenvalue weighted by atomic mass is 32.1. The molecule has 0 N–H and O–H groups in total. The van der Waals surface area contributed by atoms with Crippen LogP contribution in [0.3, 0.4) is 0 Å². The van der Waals surface area contributed by atoms with E-state index in [1.54, 1.807) is 0 Å².